The summed E-state index contributed by atoms with van der Waals surface area (Å²) in [5.41, 5.74) is -2.09. The number of carbonyl (C=O) groups excluding carboxylic acids is 4. The van der Waals surface area contributed by atoms with E-state index in [0.717, 1.165) is 6.92 Å². The van der Waals surface area contributed by atoms with Gasteiger partial charge in [-0.2, -0.15) is 13.2 Å². The zero-order chi connectivity index (χ0) is 30.0. The van der Waals surface area contributed by atoms with Gasteiger partial charge in [0.15, 0.2) is 23.6 Å². The number of aliphatic hydroxyl groups is 2. The van der Waals surface area contributed by atoms with Crippen LogP contribution in [0.1, 0.15) is 75.8 Å². The number of Topliss-reactive ketones (excluding diaryl/α,β-unsaturated/α-hetero) is 1. The number of rotatable bonds is 4. The van der Waals surface area contributed by atoms with Crippen LogP contribution in [0.5, 0.6) is 5.75 Å². The third-order valence-electron chi connectivity index (χ3n) is 7.92. The first-order valence-corrected chi connectivity index (χ1v) is 12.8. The van der Waals surface area contributed by atoms with Crippen molar-refractivity contribution in [2.75, 3.05) is 0 Å². The SMILES string of the molecule is CC(=O)[C@@]1(O)Cc2c(cc3c(c2O)C(=O)c2ccccc2C3=O)[C@H](O[C@H]2C[C@H](NC(=O)C(F)(F)F)[C@H](O)[C@H](C)O2)C1. The number of aromatic hydroxyl groups is 1. The van der Waals surface area contributed by atoms with Crippen LogP contribution in [-0.2, 0) is 25.5 Å². The van der Waals surface area contributed by atoms with Crippen LogP contribution in [0, 0.1) is 0 Å². The molecule has 0 bridgehead atoms. The molecule has 0 unspecified atom stereocenters. The molecular formula is C28H26F3NO9. The van der Waals surface area contributed by atoms with Crippen molar-refractivity contribution in [1.29, 1.82) is 0 Å². The van der Waals surface area contributed by atoms with Crippen LogP contribution < -0.4 is 5.32 Å². The number of phenols is 1. The normalized spacial score (nSPS) is 29.3. The van der Waals surface area contributed by atoms with Gasteiger partial charge in [0.1, 0.15) is 17.5 Å². The van der Waals surface area contributed by atoms with Crippen molar-refractivity contribution in [2.45, 2.75) is 75.5 Å². The Labute approximate surface area is 231 Å². The van der Waals surface area contributed by atoms with Gasteiger partial charge in [-0.25, -0.2) is 0 Å². The largest absolute Gasteiger partial charge is 0.507 e. The molecular weight excluding hydrogens is 551 g/mol. The van der Waals surface area contributed by atoms with Crippen LogP contribution in [-0.4, -0.2) is 74.9 Å². The molecule has 5 rings (SSSR count). The van der Waals surface area contributed by atoms with E-state index in [0.29, 0.717) is 0 Å². The number of hydrogen-bond donors (Lipinski definition) is 4. The van der Waals surface area contributed by atoms with Crippen molar-refractivity contribution in [3.63, 3.8) is 0 Å². The summed E-state index contributed by atoms with van der Waals surface area (Å²) in [7, 11) is 0. The van der Waals surface area contributed by atoms with E-state index in [1.165, 1.54) is 25.1 Å². The van der Waals surface area contributed by atoms with Gasteiger partial charge in [0.25, 0.3) is 0 Å². The molecule has 0 saturated carbocycles. The molecule has 2 aliphatic carbocycles. The second kappa shape index (κ2) is 10.0. The van der Waals surface area contributed by atoms with E-state index in [1.54, 1.807) is 17.4 Å². The number of ketones is 3. The van der Waals surface area contributed by atoms with E-state index in [1.807, 2.05) is 0 Å². The summed E-state index contributed by atoms with van der Waals surface area (Å²) < 4.78 is 50.2. The Morgan fingerprint density at radius 3 is 2.37 bits per heavy atom. The third kappa shape index (κ3) is 4.92. The van der Waals surface area contributed by atoms with Crippen LogP contribution in [0.15, 0.2) is 30.3 Å². The summed E-state index contributed by atoms with van der Waals surface area (Å²) in [5, 5.41) is 34.5. The van der Waals surface area contributed by atoms with Crippen LogP contribution in [0.2, 0.25) is 0 Å². The van der Waals surface area contributed by atoms with E-state index in [2.05, 4.69) is 0 Å². The molecule has 1 saturated heterocycles. The highest BCUT2D eigenvalue weighted by molar-refractivity contribution is 6.29. The fourth-order valence-electron chi connectivity index (χ4n) is 5.66. The highest BCUT2D eigenvalue weighted by Crippen LogP contribution is 2.47. The molecule has 4 N–H and O–H groups in total. The molecule has 0 radical (unpaired) electrons. The molecule has 6 atom stereocenters. The van der Waals surface area contributed by atoms with Crippen LogP contribution in [0.3, 0.4) is 0 Å². The van der Waals surface area contributed by atoms with E-state index in [4.69, 9.17) is 9.47 Å². The molecule has 2 aromatic rings. The molecule has 218 valence electrons. The Morgan fingerprint density at radius 2 is 1.76 bits per heavy atom. The number of halogens is 3. The maximum atomic E-state index is 13.3. The van der Waals surface area contributed by atoms with Gasteiger partial charge in [0.2, 0.25) is 0 Å². The molecule has 41 heavy (non-hydrogen) atoms. The van der Waals surface area contributed by atoms with Gasteiger partial charge in [-0.05, 0) is 25.5 Å². The van der Waals surface area contributed by atoms with Crippen LogP contribution in [0.25, 0.3) is 0 Å². The standard InChI is InChI=1S/C28H26F3NO9/c1-11-22(34)18(32-26(38)28(29,30)31)8-20(40-11)41-19-10-27(39,12(2)33)9-17-15(19)7-16-21(25(17)37)24(36)14-6-4-3-5-13(14)23(16)35/h3-7,11,18-20,22,34,37,39H,8-10H2,1-2H3,(H,32,38)/t11-,18-,19+,20-,22+,27+/m0/s1. The predicted octanol–water partition coefficient (Wildman–Crippen LogP) is 2.03. The van der Waals surface area contributed by atoms with E-state index >= 15 is 0 Å². The molecule has 1 heterocycles. The van der Waals surface area contributed by atoms with E-state index in [9.17, 15) is 47.7 Å². The summed E-state index contributed by atoms with van der Waals surface area (Å²) >= 11 is 0. The van der Waals surface area contributed by atoms with Crippen molar-refractivity contribution in [3.05, 3.63) is 63.7 Å². The molecule has 0 aromatic heterocycles. The average Bonchev–Trinajstić information content (AvgIpc) is 2.90. The maximum Gasteiger partial charge on any atom is 0.471 e. The van der Waals surface area contributed by atoms with Gasteiger partial charge < -0.3 is 30.1 Å². The summed E-state index contributed by atoms with van der Waals surface area (Å²) in [5.74, 6) is -4.69. The smallest absolute Gasteiger partial charge is 0.471 e. The number of nitrogens with one attached hydrogen (secondary N) is 1. The van der Waals surface area contributed by atoms with E-state index < -0.39 is 84.3 Å². The lowest BCUT2D eigenvalue weighted by Crippen LogP contribution is -2.57. The zero-order valence-electron chi connectivity index (χ0n) is 21.8. The lowest BCUT2D eigenvalue weighted by atomic mass is 9.72. The van der Waals surface area contributed by atoms with Gasteiger partial charge in [-0.3, -0.25) is 19.2 Å². The monoisotopic (exact) mass is 577 g/mol. The van der Waals surface area contributed by atoms with Gasteiger partial charge in [0.05, 0.1) is 23.8 Å². The van der Waals surface area contributed by atoms with Crippen LogP contribution in [0.4, 0.5) is 13.2 Å². The number of benzene rings is 2. The van der Waals surface area contributed by atoms with Crippen molar-refractivity contribution >= 4 is 23.3 Å². The number of amides is 1. The second-order valence-corrected chi connectivity index (χ2v) is 10.6. The maximum absolute atomic E-state index is 13.3. The highest BCUT2D eigenvalue weighted by atomic mass is 19.4. The van der Waals surface area contributed by atoms with Gasteiger partial charge in [-0.1, -0.05) is 24.3 Å². The first kappa shape index (κ1) is 28.9. The number of alkyl halides is 3. The molecule has 13 heteroatoms. The number of aliphatic hydroxyl groups excluding tert-OH is 1. The molecule has 3 aliphatic rings. The quantitative estimate of drug-likeness (QED) is 0.364. The van der Waals surface area contributed by atoms with Gasteiger partial charge >= 0.3 is 12.1 Å². The molecule has 1 amide bonds. The fourth-order valence-corrected chi connectivity index (χ4v) is 5.66. The zero-order valence-corrected chi connectivity index (χ0v) is 21.8. The average molecular weight is 578 g/mol. The molecule has 0 spiro atoms. The van der Waals surface area contributed by atoms with Crippen molar-refractivity contribution in [2.24, 2.45) is 0 Å². The second-order valence-electron chi connectivity index (χ2n) is 10.6. The number of ether oxygens (including phenoxy) is 2. The summed E-state index contributed by atoms with van der Waals surface area (Å²) in [6.07, 6.45) is -11.6. The first-order chi connectivity index (χ1) is 19.1. The lowest BCUT2D eigenvalue weighted by Gasteiger charge is -2.42. The summed E-state index contributed by atoms with van der Waals surface area (Å²) in [4.78, 5) is 50.6. The fraction of sp³-hybridized carbons (Fsp3) is 0.429. The summed E-state index contributed by atoms with van der Waals surface area (Å²) in [6, 6.07) is 5.98. The topological polar surface area (TPSA) is 159 Å². The van der Waals surface area contributed by atoms with Gasteiger partial charge in [-0.15, -0.1) is 0 Å². The Balaban J connectivity index is 1.53. The third-order valence-corrected chi connectivity index (χ3v) is 7.92. The Hall–Kier alpha value is -3.65. The lowest BCUT2D eigenvalue weighted by molar-refractivity contribution is -0.250. The Kier molecular flexibility index (Phi) is 7.05. The van der Waals surface area contributed by atoms with Crippen molar-refractivity contribution in [1.82, 2.24) is 5.32 Å². The number of carbonyl (C=O) groups is 4. The minimum absolute atomic E-state index is 0.0101. The van der Waals surface area contributed by atoms with E-state index in [-0.39, 0.29) is 39.8 Å². The molecule has 10 nitrogen and oxygen atoms in total. The van der Waals surface area contributed by atoms with Crippen molar-refractivity contribution in [3.8, 4) is 5.75 Å². The number of fused-ring (bicyclic) bond motifs is 3. The van der Waals surface area contributed by atoms with Gasteiger partial charge in [0, 0.05) is 41.5 Å². The first-order valence-electron chi connectivity index (χ1n) is 12.8. The number of phenolic OH excluding ortho intramolecular Hbond substituents is 1. The summed E-state index contributed by atoms with van der Waals surface area (Å²) in [6.45, 7) is 2.48. The van der Waals surface area contributed by atoms with Crippen LogP contribution >= 0.6 is 0 Å². The minimum Gasteiger partial charge on any atom is -0.507 e. The highest BCUT2D eigenvalue weighted by Gasteiger charge is 2.48. The Morgan fingerprint density at radius 1 is 1.12 bits per heavy atom. The molecule has 1 aliphatic heterocycles. The predicted molar refractivity (Wildman–Crippen MR) is 132 cm³/mol. The number of hydrogen-bond acceptors (Lipinski definition) is 9. The molecule has 2 aromatic carbocycles. The Bertz CT molecular complexity index is 1470. The minimum atomic E-state index is -5.20. The molecule has 1 fully saturated rings. The van der Waals surface area contributed by atoms with Crippen molar-refractivity contribution < 1.29 is 57.1 Å².